The van der Waals surface area contributed by atoms with Crippen LogP contribution < -0.4 is 0 Å². The number of benzene rings is 1. The van der Waals surface area contributed by atoms with Crippen molar-refractivity contribution in [2.75, 3.05) is 0 Å². The summed E-state index contributed by atoms with van der Waals surface area (Å²) >= 11 is 0. The predicted molar refractivity (Wildman–Crippen MR) is 51.7 cm³/mol. The first kappa shape index (κ1) is 10.7. The molecule has 1 aromatic rings. The molecule has 0 atom stereocenters. The van der Waals surface area contributed by atoms with E-state index in [2.05, 4.69) is 0 Å². The number of aliphatic carboxylic acids is 1. The number of hydrogen-bond acceptors (Lipinski definition) is 1. The summed E-state index contributed by atoms with van der Waals surface area (Å²) in [5, 5.41) is 8.48. The van der Waals surface area contributed by atoms with Gasteiger partial charge in [-0.2, -0.15) is 0 Å². The fraction of sp³-hybridized carbons (Fsp3) is 0.364. The number of halogens is 1. The van der Waals surface area contributed by atoms with Crippen molar-refractivity contribution in [3.63, 3.8) is 0 Å². The van der Waals surface area contributed by atoms with Crippen LogP contribution >= 0.6 is 0 Å². The molecule has 0 aromatic heterocycles. The lowest BCUT2D eigenvalue weighted by atomic mass is 10.0. The zero-order valence-corrected chi connectivity index (χ0v) is 8.09. The molecule has 14 heavy (non-hydrogen) atoms. The second kappa shape index (κ2) is 4.74. The molecule has 1 N–H and O–H groups in total. The van der Waals surface area contributed by atoms with Crippen molar-refractivity contribution in [3.8, 4) is 0 Å². The molecular weight excluding hydrogens is 183 g/mol. The van der Waals surface area contributed by atoms with Gasteiger partial charge in [0.15, 0.2) is 0 Å². The van der Waals surface area contributed by atoms with Gasteiger partial charge >= 0.3 is 5.97 Å². The Kier molecular flexibility index (Phi) is 3.63. The Morgan fingerprint density at radius 1 is 1.50 bits per heavy atom. The van der Waals surface area contributed by atoms with E-state index in [0.717, 1.165) is 5.56 Å². The third-order valence-electron chi connectivity index (χ3n) is 2.12. The van der Waals surface area contributed by atoms with Gasteiger partial charge in [0.05, 0.1) is 0 Å². The number of carboxylic acid groups (broad SMARTS) is 1. The predicted octanol–water partition coefficient (Wildman–Crippen LogP) is 2.41. The smallest absolute Gasteiger partial charge is 0.303 e. The van der Waals surface area contributed by atoms with E-state index in [9.17, 15) is 9.18 Å². The Morgan fingerprint density at radius 2 is 2.21 bits per heavy atom. The molecule has 1 aromatic carbocycles. The van der Waals surface area contributed by atoms with Gasteiger partial charge in [-0.15, -0.1) is 0 Å². The molecule has 0 spiro atoms. The molecule has 2 nitrogen and oxygen atoms in total. The number of carboxylic acids is 1. The number of carbonyl (C=O) groups is 1. The summed E-state index contributed by atoms with van der Waals surface area (Å²) in [5.41, 5.74) is 1.53. The molecule has 0 aliphatic heterocycles. The van der Waals surface area contributed by atoms with E-state index < -0.39 is 5.97 Å². The van der Waals surface area contributed by atoms with Crippen LogP contribution in [-0.4, -0.2) is 11.1 Å². The summed E-state index contributed by atoms with van der Waals surface area (Å²) in [4.78, 5) is 10.3. The van der Waals surface area contributed by atoms with E-state index in [1.54, 1.807) is 12.1 Å². The van der Waals surface area contributed by atoms with E-state index in [4.69, 9.17) is 5.11 Å². The van der Waals surface area contributed by atoms with Crippen molar-refractivity contribution >= 4 is 5.97 Å². The first-order chi connectivity index (χ1) is 6.63. The molecule has 0 unspecified atom stereocenters. The third kappa shape index (κ3) is 2.83. The number of aryl methyl sites for hydroxylation is 2. The summed E-state index contributed by atoms with van der Waals surface area (Å²) in [6, 6.07) is 4.77. The minimum absolute atomic E-state index is 0.0921. The van der Waals surface area contributed by atoms with Gasteiger partial charge in [0.25, 0.3) is 0 Å². The Labute approximate surface area is 82.4 Å². The fourth-order valence-electron chi connectivity index (χ4n) is 1.31. The summed E-state index contributed by atoms with van der Waals surface area (Å²) in [6.45, 7) is 1.87. The van der Waals surface area contributed by atoms with Crippen molar-refractivity contribution in [3.05, 3.63) is 35.1 Å². The van der Waals surface area contributed by atoms with E-state index >= 15 is 0 Å². The monoisotopic (exact) mass is 196 g/mol. The second-order valence-corrected chi connectivity index (χ2v) is 3.17. The maximum Gasteiger partial charge on any atom is 0.303 e. The van der Waals surface area contributed by atoms with Gasteiger partial charge in [-0.3, -0.25) is 4.79 Å². The molecule has 0 fully saturated rings. The van der Waals surface area contributed by atoms with E-state index in [1.165, 1.54) is 6.07 Å². The summed E-state index contributed by atoms with van der Waals surface area (Å²) in [6.07, 6.45) is 1.18. The van der Waals surface area contributed by atoms with Crippen LogP contribution in [0, 0.1) is 5.82 Å². The van der Waals surface area contributed by atoms with Gasteiger partial charge in [-0.25, -0.2) is 4.39 Å². The molecule has 0 amide bonds. The maximum atomic E-state index is 13.1. The first-order valence-electron chi connectivity index (χ1n) is 4.62. The van der Waals surface area contributed by atoms with Gasteiger partial charge in [0.1, 0.15) is 5.82 Å². The molecule has 0 bridgehead atoms. The summed E-state index contributed by atoms with van der Waals surface area (Å²) < 4.78 is 13.1. The average molecular weight is 196 g/mol. The van der Waals surface area contributed by atoms with Crippen LogP contribution in [0.25, 0.3) is 0 Å². The highest BCUT2D eigenvalue weighted by atomic mass is 19.1. The molecule has 0 heterocycles. The normalized spacial score (nSPS) is 10.1. The van der Waals surface area contributed by atoms with Crippen LogP contribution in [0.3, 0.4) is 0 Å². The summed E-state index contributed by atoms with van der Waals surface area (Å²) in [5.74, 6) is -1.04. The van der Waals surface area contributed by atoms with Gasteiger partial charge in [0, 0.05) is 6.42 Å². The van der Waals surface area contributed by atoms with Crippen molar-refractivity contribution < 1.29 is 14.3 Å². The summed E-state index contributed by atoms with van der Waals surface area (Å²) in [7, 11) is 0. The standard InChI is InChI=1S/C11H13FO2/c1-2-9-7-8(3-5-10(9)12)4-6-11(13)14/h3,5,7H,2,4,6H2,1H3,(H,13,14). The van der Waals surface area contributed by atoms with Crippen molar-refractivity contribution in [1.82, 2.24) is 0 Å². The van der Waals surface area contributed by atoms with E-state index in [0.29, 0.717) is 18.4 Å². The molecule has 76 valence electrons. The highest BCUT2D eigenvalue weighted by Crippen LogP contribution is 2.12. The van der Waals surface area contributed by atoms with Crippen LogP contribution in [0.15, 0.2) is 18.2 Å². The lowest BCUT2D eigenvalue weighted by Crippen LogP contribution is -1.98. The van der Waals surface area contributed by atoms with Crippen LogP contribution in [0.2, 0.25) is 0 Å². The lowest BCUT2D eigenvalue weighted by Gasteiger charge is -2.03. The first-order valence-corrected chi connectivity index (χ1v) is 4.62. The van der Waals surface area contributed by atoms with Gasteiger partial charge in [0.2, 0.25) is 0 Å². The Morgan fingerprint density at radius 3 is 2.79 bits per heavy atom. The SMILES string of the molecule is CCc1cc(CCC(=O)O)ccc1F. The van der Waals surface area contributed by atoms with Crippen LogP contribution in [-0.2, 0) is 17.6 Å². The molecule has 0 saturated heterocycles. The quantitative estimate of drug-likeness (QED) is 0.802. The lowest BCUT2D eigenvalue weighted by molar-refractivity contribution is -0.136. The number of hydrogen-bond donors (Lipinski definition) is 1. The van der Waals surface area contributed by atoms with Gasteiger partial charge in [-0.1, -0.05) is 19.1 Å². The van der Waals surface area contributed by atoms with Crippen LogP contribution in [0.5, 0.6) is 0 Å². The zero-order valence-electron chi connectivity index (χ0n) is 8.09. The Balaban J connectivity index is 2.74. The molecule has 1 rings (SSSR count). The second-order valence-electron chi connectivity index (χ2n) is 3.17. The molecule has 0 aliphatic carbocycles. The largest absolute Gasteiger partial charge is 0.481 e. The fourth-order valence-corrected chi connectivity index (χ4v) is 1.31. The molecular formula is C11H13FO2. The van der Waals surface area contributed by atoms with Crippen molar-refractivity contribution in [1.29, 1.82) is 0 Å². The molecule has 0 radical (unpaired) electrons. The van der Waals surface area contributed by atoms with Crippen molar-refractivity contribution in [2.24, 2.45) is 0 Å². The van der Waals surface area contributed by atoms with Crippen LogP contribution in [0.4, 0.5) is 4.39 Å². The van der Waals surface area contributed by atoms with Crippen LogP contribution in [0.1, 0.15) is 24.5 Å². The Bertz CT molecular complexity index is 334. The highest BCUT2D eigenvalue weighted by molar-refractivity contribution is 5.67. The third-order valence-corrected chi connectivity index (χ3v) is 2.12. The zero-order chi connectivity index (χ0) is 10.6. The topological polar surface area (TPSA) is 37.3 Å². The average Bonchev–Trinajstić information content (AvgIpc) is 2.16. The van der Waals surface area contributed by atoms with Crippen molar-refractivity contribution in [2.45, 2.75) is 26.2 Å². The molecule has 3 heteroatoms. The maximum absolute atomic E-state index is 13.1. The Hall–Kier alpha value is -1.38. The van der Waals surface area contributed by atoms with E-state index in [-0.39, 0.29) is 12.2 Å². The van der Waals surface area contributed by atoms with Gasteiger partial charge in [-0.05, 0) is 30.0 Å². The molecule has 0 saturated carbocycles. The minimum Gasteiger partial charge on any atom is -0.481 e. The van der Waals surface area contributed by atoms with E-state index in [1.807, 2.05) is 6.92 Å². The molecule has 0 aliphatic rings. The highest BCUT2D eigenvalue weighted by Gasteiger charge is 2.03. The van der Waals surface area contributed by atoms with Gasteiger partial charge < -0.3 is 5.11 Å². The minimum atomic E-state index is -0.827. The number of rotatable bonds is 4.